The summed E-state index contributed by atoms with van der Waals surface area (Å²) in [5.41, 5.74) is 2.50. The molecule has 1 fully saturated rings. The fourth-order valence-corrected chi connectivity index (χ4v) is 3.45. The zero-order chi connectivity index (χ0) is 18.4. The molecule has 1 aliphatic rings. The first-order valence-electron chi connectivity index (χ1n) is 9.30. The molecule has 1 aromatic heterocycles. The van der Waals surface area contributed by atoms with Crippen LogP contribution in [-0.4, -0.2) is 36.1 Å². The molecule has 2 N–H and O–H groups in total. The van der Waals surface area contributed by atoms with Crippen LogP contribution in [0.1, 0.15) is 37.4 Å². The molecule has 0 radical (unpaired) electrons. The summed E-state index contributed by atoms with van der Waals surface area (Å²) >= 11 is 0. The number of anilines is 3. The van der Waals surface area contributed by atoms with Crippen LogP contribution in [0.15, 0.2) is 30.3 Å². The van der Waals surface area contributed by atoms with Crippen LogP contribution >= 0.6 is 0 Å². The predicted molar refractivity (Wildman–Crippen MR) is 105 cm³/mol. The maximum absolute atomic E-state index is 9.09. The van der Waals surface area contributed by atoms with E-state index in [0.29, 0.717) is 17.6 Å². The Hall–Kier alpha value is -2.65. The van der Waals surface area contributed by atoms with Gasteiger partial charge in [-0.2, -0.15) is 10.2 Å². The highest BCUT2D eigenvalue weighted by Gasteiger charge is 2.25. The second-order valence-corrected chi connectivity index (χ2v) is 6.66. The van der Waals surface area contributed by atoms with Crippen LogP contribution in [0.25, 0.3) is 0 Å². The van der Waals surface area contributed by atoms with Crippen LogP contribution in [0.4, 0.5) is 17.5 Å². The average molecular weight is 350 g/mol. The molecule has 0 saturated carbocycles. The van der Waals surface area contributed by atoms with Gasteiger partial charge in [-0.1, -0.05) is 19.4 Å². The van der Waals surface area contributed by atoms with E-state index in [-0.39, 0.29) is 0 Å². The van der Waals surface area contributed by atoms with Crippen molar-refractivity contribution in [2.45, 2.75) is 38.6 Å². The van der Waals surface area contributed by atoms with Gasteiger partial charge < -0.3 is 15.5 Å². The Morgan fingerprint density at radius 2 is 2.19 bits per heavy atom. The van der Waals surface area contributed by atoms with Crippen molar-refractivity contribution in [3.8, 4) is 6.07 Å². The molecule has 0 spiro atoms. The summed E-state index contributed by atoms with van der Waals surface area (Å²) in [5.74, 6) is 1.58. The van der Waals surface area contributed by atoms with Crippen molar-refractivity contribution >= 4 is 17.5 Å². The number of benzene rings is 1. The maximum atomic E-state index is 9.09. The Balaban J connectivity index is 1.89. The van der Waals surface area contributed by atoms with Gasteiger partial charge in [0.05, 0.1) is 11.6 Å². The lowest BCUT2D eigenvalue weighted by Crippen LogP contribution is -2.37. The fraction of sp³-hybridized carbons (Fsp3) is 0.450. The maximum Gasteiger partial charge on any atom is 0.229 e. The molecular weight excluding hydrogens is 324 g/mol. The van der Waals surface area contributed by atoms with E-state index in [1.54, 1.807) is 6.07 Å². The standard InChI is InChI=1S/C20H26N6/c1-3-6-16-12-19(26-10-5-9-18(26)14-22-2)25-20(23-16)24-17-8-4-7-15(11-17)13-21/h4,7-8,11-12,18,22H,3,5-6,9-10,14H2,1-2H3,(H,23,24,25). The zero-order valence-electron chi connectivity index (χ0n) is 15.5. The molecule has 136 valence electrons. The van der Waals surface area contributed by atoms with Gasteiger partial charge in [0.2, 0.25) is 5.95 Å². The van der Waals surface area contributed by atoms with Gasteiger partial charge in [-0.3, -0.25) is 0 Å². The van der Waals surface area contributed by atoms with Crippen LogP contribution < -0.4 is 15.5 Å². The van der Waals surface area contributed by atoms with Crippen molar-refractivity contribution in [3.63, 3.8) is 0 Å². The Labute approximate surface area is 155 Å². The first-order valence-corrected chi connectivity index (χ1v) is 9.30. The molecule has 6 heteroatoms. The SMILES string of the molecule is CCCc1cc(N2CCCC2CNC)nc(Nc2cccc(C#N)c2)n1. The minimum atomic E-state index is 0.471. The third kappa shape index (κ3) is 4.30. The summed E-state index contributed by atoms with van der Waals surface area (Å²) in [6.45, 7) is 4.14. The van der Waals surface area contributed by atoms with Gasteiger partial charge in [-0.25, -0.2) is 4.98 Å². The lowest BCUT2D eigenvalue weighted by Gasteiger charge is -2.26. The van der Waals surface area contributed by atoms with Crippen molar-refractivity contribution in [2.75, 3.05) is 30.4 Å². The van der Waals surface area contributed by atoms with E-state index >= 15 is 0 Å². The molecule has 1 atom stereocenters. The molecular formula is C20H26N6. The molecule has 0 amide bonds. The smallest absolute Gasteiger partial charge is 0.229 e. The summed E-state index contributed by atoms with van der Waals surface area (Å²) in [6.07, 6.45) is 4.33. The molecule has 6 nitrogen and oxygen atoms in total. The van der Waals surface area contributed by atoms with Gasteiger partial charge in [-0.05, 0) is 44.5 Å². The van der Waals surface area contributed by atoms with Crippen LogP contribution in [0.5, 0.6) is 0 Å². The number of hydrogen-bond donors (Lipinski definition) is 2. The predicted octanol–water partition coefficient (Wildman–Crippen LogP) is 3.23. The Bertz CT molecular complexity index is 782. The first-order chi connectivity index (χ1) is 12.7. The average Bonchev–Trinajstić information content (AvgIpc) is 3.11. The largest absolute Gasteiger partial charge is 0.352 e. The third-order valence-corrected chi connectivity index (χ3v) is 4.63. The number of likely N-dealkylation sites (N-methyl/N-ethyl adjacent to an activating group) is 1. The van der Waals surface area contributed by atoms with Gasteiger partial charge in [0.15, 0.2) is 0 Å². The van der Waals surface area contributed by atoms with Gasteiger partial charge in [-0.15, -0.1) is 0 Å². The number of rotatable bonds is 7. The molecule has 3 rings (SSSR count). The van der Waals surface area contributed by atoms with E-state index in [4.69, 9.17) is 10.2 Å². The van der Waals surface area contributed by atoms with Crippen molar-refractivity contribution in [1.82, 2.24) is 15.3 Å². The second kappa shape index (κ2) is 8.63. The number of nitriles is 1. The molecule has 2 aromatic rings. The molecule has 1 aliphatic heterocycles. The highest BCUT2D eigenvalue weighted by Crippen LogP contribution is 2.26. The van der Waals surface area contributed by atoms with Gasteiger partial charge in [0.25, 0.3) is 0 Å². The van der Waals surface area contributed by atoms with E-state index in [1.807, 2.05) is 25.2 Å². The van der Waals surface area contributed by atoms with Crippen molar-refractivity contribution < 1.29 is 0 Å². The van der Waals surface area contributed by atoms with Crippen molar-refractivity contribution in [1.29, 1.82) is 5.26 Å². The van der Waals surface area contributed by atoms with E-state index in [9.17, 15) is 0 Å². The van der Waals surface area contributed by atoms with Crippen LogP contribution in [0, 0.1) is 11.3 Å². The number of aryl methyl sites for hydroxylation is 1. The monoisotopic (exact) mass is 350 g/mol. The van der Waals surface area contributed by atoms with Gasteiger partial charge >= 0.3 is 0 Å². The summed E-state index contributed by atoms with van der Waals surface area (Å²) in [7, 11) is 1.99. The Morgan fingerprint density at radius 1 is 1.31 bits per heavy atom. The van der Waals surface area contributed by atoms with Crippen molar-refractivity contribution in [2.24, 2.45) is 0 Å². The van der Waals surface area contributed by atoms with Gasteiger partial charge in [0.1, 0.15) is 5.82 Å². The lowest BCUT2D eigenvalue weighted by atomic mass is 10.2. The van der Waals surface area contributed by atoms with E-state index in [2.05, 4.69) is 39.6 Å². The summed E-state index contributed by atoms with van der Waals surface area (Å²) in [5, 5.41) is 15.6. The second-order valence-electron chi connectivity index (χ2n) is 6.66. The molecule has 0 bridgehead atoms. The number of hydrogen-bond acceptors (Lipinski definition) is 6. The highest BCUT2D eigenvalue weighted by atomic mass is 15.3. The topological polar surface area (TPSA) is 76.9 Å². The molecule has 2 heterocycles. The molecule has 1 aromatic carbocycles. The van der Waals surface area contributed by atoms with Crippen LogP contribution in [0.3, 0.4) is 0 Å². The summed E-state index contributed by atoms with van der Waals surface area (Å²) < 4.78 is 0. The van der Waals surface area contributed by atoms with E-state index < -0.39 is 0 Å². The summed E-state index contributed by atoms with van der Waals surface area (Å²) in [6, 6.07) is 12.1. The highest BCUT2D eigenvalue weighted by molar-refractivity contribution is 5.58. The quantitative estimate of drug-likeness (QED) is 0.798. The lowest BCUT2D eigenvalue weighted by molar-refractivity contribution is 0.611. The third-order valence-electron chi connectivity index (χ3n) is 4.63. The van der Waals surface area contributed by atoms with Gasteiger partial charge in [0, 0.05) is 36.6 Å². The fourth-order valence-electron chi connectivity index (χ4n) is 3.45. The minimum Gasteiger partial charge on any atom is -0.352 e. The number of nitrogens with zero attached hydrogens (tertiary/aromatic N) is 4. The van der Waals surface area contributed by atoms with Crippen molar-refractivity contribution in [3.05, 3.63) is 41.6 Å². The molecule has 1 unspecified atom stereocenters. The Kier molecular flexibility index (Phi) is 6.03. The number of aromatic nitrogens is 2. The normalized spacial score (nSPS) is 16.5. The van der Waals surface area contributed by atoms with Crippen LogP contribution in [0.2, 0.25) is 0 Å². The number of nitrogens with one attached hydrogen (secondary N) is 2. The first kappa shape index (κ1) is 18.2. The molecule has 26 heavy (non-hydrogen) atoms. The summed E-state index contributed by atoms with van der Waals surface area (Å²) in [4.78, 5) is 11.8. The zero-order valence-corrected chi connectivity index (χ0v) is 15.5. The Morgan fingerprint density at radius 3 is 2.96 bits per heavy atom. The minimum absolute atomic E-state index is 0.471. The van der Waals surface area contributed by atoms with E-state index in [1.165, 1.54) is 12.8 Å². The molecule has 1 saturated heterocycles. The van der Waals surface area contributed by atoms with E-state index in [0.717, 1.165) is 43.1 Å². The molecule has 0 aliphatic carbocycles. The van der Waals surface area contributed by atoms with Crippen LogP contribution in [-0.2, 0) is 6.42 Å².